The Labute approximate surface area is 134 Å². The van der Waals surface area contributed by atoms with Gasteiger partial charge in [0.1, 0.15) is 17.1 Å². The molecule has 1 saturated carbocycles. The van der Waals surface area contributed by atoms with Crippen molar-refractivity contribution in [1.82, 2.24) is 9.55 Å². The van der Waals surface area contributed by atoms with E-state index in [2.05, 4.69) is 23.4 Å². The normalized spacial score (nSPS) is 14.4. The fourth-order valence-corrected chi connectivity index (χ4v) is 3.04. The number of aryl methyl sites for hydroxylation is 1. The summed E-state index contributed by atoms with van der Waals surface area (Å²) in [6.45, 7) is 5.31. The Hall–Kier alpha value is -2.36. The molecule has 0 N–H and O–H groups in total. The molecule has 2 aromatic heterocycles. The van der Waals surface area contributed by atoms with Crippen molar-refractivity contribution in [1.29, 1.82) is 0 Å². The minimum absolute atomic E-state index is 0.271. The first kappa shape index (κ1) is 14.2. The second-order valence-corrected chi connectivity index (χ2v) is 6.33. The third-order valence-electron chi connectivity index (χ3n) is 4.68. The Morgan fingerprint density at radius 3 is 2.61 bits per heavy atom. The van der Waals surface area contributed by atoms with Crippen molar-refractivity contribution in [2.45, 2.75) is 33.2 Å². The number of nitrogens with zero attached hydrogens (tertiary/aromatic N) is 2. The van der Waals surface area contributed by atoms with Gasteiger partial charge in [0.15, 0.2) is 0 Å². The molecule has 1 fully saturated rings. The van der Waals surface area contributed by atoms with Crippen LogP contribution in [0.25, 0.3) is 10.9 Å². The summed E-state index contributed by atoms with van der Waals surface area (Å²) >= 11 is 0. The van der Waals surface area contributed by atoms with Gasteiger partial charge in [0, 0.05) is 23.8 Å². The van der Waals surface area contributed by atoms with Gasteiger partial charge in [-0.1, -0.05) is 0 Å². The molecule has 4 rings (SSSR count). The lowest BCUT2D eigenvalue weighted by molar-refractivity contribution is 0.462. The summed E-state index contributed by atoms with van der Waals surface area (Å²) < 4.78 is 21.4. The van der Waals surface area contributed by atoms with Crippen molar-refractivity contribution >= 4 is 10.9 Å². The quantitative estimate of drug-likeness (QED) is 0.678. The SMILES string of the molecule is Cc1c(C)n(CC2CC2)c2c(Oc3ccc(F)cc3)nccc12. The van der Waals surface area contributed by atoms with Crippen LogP contribution in [0.15, 0.2) is 36.5 Å². The molecular formula is C19H19FN2O. The molecule has 0 atom stereocenters. The van der Waals surface area contributed by atoms with Crippen molar-refractivity contribution in [3.8, 4) is 11.6 Å². The molecule has 1 aliphatic carbocycles. The number of fused-ring (bicyclic) bond motifs is 1. The lowest BCUT2D eigenvalue weighted by atomic mass is 10.2. The predicted molar refractivity (Wildman–Crippen MR) is 88.4 cm³/mol. The zero-order chi connectivity index (χ0) is 16.0. The first-order chi connectivity index (χ1) is 11.1. The van der Waals surface area contributed by atoms with Gasteiger partial charge in [-0.05, 0) is 68.5 Å². The second kappa shape index (κ2) is 5.37. The average molecular weight is 310 g/mol. The van der Waals surface area contributed by atoms with E-state index in [0.717, 1.165) is 18.0 Å². The van der Waals surface area contributed by atoms with Crippen LogP contribution in [-0.4, -0.2) is 9.55 Å². The van der Waals surface area contributed by atoms with Gasteiger partial charge in [-0.3, -0.25) is 0 Å². The van der Waals surface area contributed by atoms with Crippen molar-refractivity contribution in [3.05, 3.63) is 53.6 Å². The number of pyridine rings is 1. The zero-order valence-corrected chi connectivity index (χ0v) is 13.3. The number of benzene rings is 1. The van der Waals surface area contributed by atoms with Gasteiger partial charge in [-0.2, -0.15) is 0 Å². The molecule has 0 amide bonds. The molecule has 0 spiro atoms. The van der Waals surface area contributed by atoms with Crippen molar-refractivity contribution in [2.75, 3.05) is 0 Å². The number of hydrogen-bond donors (Lipinski definition) is 0. The van der Waals surface area contributed by atoms with Crippen LogP contribution in [0.1, 0.15) is 24.1 Å². The van der Waals surface area contributed by atoms with Crippen LogP contribution < -0.4 is 4.74 Å². The Balaban J connectivity index is 1.82. The first-order valence-electron chi connectivity index (χ1n) is 8.01. The lowest BCUT2D eigenvalue weighted by Crippen LogP contribution is -2.03. The van der Waals surface area contributed by atoms with Crippen LogP contribution >= 0.6 is 0 Å². The Kier molecular flexibility index (Phi) is 3.33. The number of rotatable bonds is 4. The van der Waals surface area contributed by atoms with Gasteiger partial charge < -0.3 is 9.30 Å². The van der Waals surface area contributed by atoms with Crippen LogP contribution in [0.3, 0.4) is 0 Å². The number of halogens is 1. The lowest BCUT2D eigenvalue weighted by Gasteiger charge is -2.11. The molecule has 3 nitrogen and oxygen atoms in total. The van der Waals surface area contributed by atoms with E-state index < -0.39 is 0 Å². The summed E-state index contributed by atoms with van der Waals surface area (Å²) in [5.41, 5.74) is 3.58. The second-order valence-electron chi connectivity index (χ2n) is 6.33. The van der Waals surface area contributed by atoms with E-state index in [1.807, 2.05) is 6.07 Å². The fraction of sp³-hybridized carbons (Fsp3) is 0.316. The molecule has 3 aromatic rings. The molecule has 0 saturated heterocycles. The van der Waals surface area contributed by atoms with E-state index in [0.29, 0.717) is 11.6 Å². The molecule has 0 unspecified atom stereocenters. The molecule has 118 valence electrons. The third-order valence-corrected chi connectivity index (χ3v) is 4.68. The van der Waals surface area contributed by atoms with E-state index in [1.165, 1.54) is 41.6 Å². The van der Waals surface area contributed by atoms with E-state index in [4.69, 9.17) is 4.74 Å². The maximum absolute atomic E-state index is 13.1. The molecule has 1 aromatic carbocycles. The van der Waals surface area contributed by atoms with E-state index in [9.17, 15) is 4.39 Å². The van der Waals surface area contributed by atoms with Gasteiger partial charge in [0.05, 0.1) is 0 Å². The summed E-state index contributed by atoms with van der Waals surface area (Å²) in [6, 6.07) is 8.09. The van der Waals surface area contributed by atoms with Gasteiger partial charge in [0.25, 0.3) is 0 Å². The Bertz CT molecular complexity index is 863. The van der Waals surface area contributed by atoms with Gasteiger partial charge in [-0.25, -0.2) is 9.37 Å². The molecule has 0 radical (unpaired) electrons. The van der Waals surface area contributed by atoms with Crippen molar-refractivity contribution < 1.29 is 9.13 Å². The van der Waals surface area contributed by atoms with Crippen LogP contribution in [0.5, 0.6) is 11.6 Å². The predicted octanol–water partition coefficient (Wildman–Crippen LogP) is 4.99. The largest absolute Gasteiger partial charge is 0.437 e. The van der Waals surface area contributed by atoms with Crippen LogP contribution in [0.2, 0.25) is 0 Å². The molecule has 0 aliphatic heterocycles. The highest BCUT2D eigenvalue weighted by atomic mass is 19.1. The van der Waals surface area contributed by atoms with Gasteiger partial charge in [-0.15, -0.1) is 0 Å². The third kappa shape index (κ3) is 2.58. The summed E-state index contributed by atoms with van der Waals surface area (Å²) in [4.78, 5) is 4.43. The monoisotopic (exact) mass is 310 g/mol. The Morgan fingerprint density at radius 2 is 1.91 bits per heavy atom. The van der Waals surface area contributed by atoms with E-state index in [-0.39, 0.29) is 5.82 Å². The molecule has 1 aliphatic rings. The average Bonchev–Trinajstić information content (AvgIpc) is 3.34. The number of ether oxygens (including phenoxy) is 1. The maximum atomic E-state index is 13.1. The smallest absolute Gasteiger partial charge is 0.244 e. The zero-order valence-electron chi connectivity index (χ0n) is 13.3. The summed E-state index contributed by atoms with van der Waals surface area (Å²) in [5.74, 6) is 1.68. The van der Waals surface area contributed by atoms with E-state index >= 15 is 0 Å². The topological polar surface area (TPSA) is 27.1 Å². The number of aromatic nitrogens is 2. The molecular weight excluding hydrogens is 291 g/mol. The minimum atomic E-state index is -0.271. The summed E-state index contributed by atoms with van der Waals surface area (Å²) in [5, 5.41) is 1.18. The highest BCUT2D eigenvalue weighted by Gasteiger charge is 2.25. The van der Waals surface area contributed by atoms with Crippen molar-refractivity contribution in [3.63, 3.8) is 0 Å². The van der Waals surface area contributed by atoms with Crippen LogP contribution in [0, 0.1) is 25.6 Å². The standard InChI is InChI=1S/C19H19FN2O/c1-12-13(2)22(11-14-3-4-14)18-17(12)9-10-21-19(18)23-16-7-5-15(20)6-8-16/h5-10,14H,3-4,11H2,1-2H3. The number of hydrogen-bond acceptors (Lipinski definition) is 2. The van der Waals surface area contributed by atoms with E-state index in [1.54, 1.807) is 18.3 Å². The summed E-state index contributed by atoms with van der Waals surface area (Å²) in [6.07, 6.45) is 4.37. The van der Waals surface area contributed by atoms with Crippen molar-refractivity contribution in [2.24, 2.45) is 5.92 Å². The van der Waals surface area contributed by atoms with Crippen LogP contribution in [0.4, 0.5) is 4.39 Å². The maximum Gasteiger partial charge on any atom is 0.244 e. The highest BCUT2D eigenvalue weighted by Crippen LogP contribution is 2.37. The highest BCUT2D eigenvalue weighted by molar-refractivity contribution is 5.89. The first-order valence-corrected chi connectivity index (χ1v) is 8.01. The van der Waals surface area contributed by atoms with Gasteiger partial charge in [0.2, 0.25) is 5.88 Å². The Morgan fingerprint density at radius 1 is 1.17 bits per heavy atom. The summed E-state index contributed by atoms with van der Waals surface area (Å²) in [7, 11) is 0. The minimum Gasteiger partial charge on any atom is -0.437 e. The van der Waals surface area contributed by atoms with Crippen LogP contribution in [-0.2, 0) is 6.54 Å². The molecule has 0 bridgehead atoms. The fourth-order valence-electron chi connectivity index (χ4n) is 3.04. The van der Waals surface area contributed by atoms with Gasteiger partial charge >= 0.3 is 0 Å². The molecule has 2 heterocycles. The molecule has 23 heavy (non-hydrogen) atoms. The molecule has 4 heteroatoms.